The highest BCUT2D eigenvalue weighted by atomic mass is 35.5. The lowest BCUT2D eigenvalue weighted by atomic mass is 9.77. The van der Waals surface area contributed by atoms with Crippen LogP contribution in [0.4, 0.5) is 5.69 Å². The highest BCUT2D eigenvalue weighted by Crippen LogP contribution is 2.39. The predicted molar refractivity (Wildman–Crippen MR) is 92.4 cm³/mol. The Labute approximate surface area is 150 Å². The van der Waals surface area contributed by atoms with Crippen LogP contribution in [0.5, 0.6) is 0 Å². The number of hydrogen-bond acceptors (Lipinski definition) is 5. The van der Waals surface area contributed by atoms with E-state index in [1.54, 1.807) is 11.0 Å². The molecule has 1 aromatic heterocycles. The van der Waals surface area contributed by atoms with Crippen molar-refractivity contribution in [2.45, 2.75) is 37.1 Å². The summed E-state index contributed by atoms with van der Waals surface area (Å²) in [6, 6.07) is 7.32. The van der Waals surface area contributed by atoms with Crippen LogP contribution in [0, 0.1) is 0 Å². The number of nitrogens with two attached hydrogens (primary N) is 1. The summed E-state index contributed by atoms with van der Waals surface area (Å²) in [5.74, 6) is 0.930. The fourth-order valence-electron chi connectivity index (χ4n) is 3.16. The van der Waals surface area contributed by atoms with Gasteiger partial charge in [0.25, 0.3) is 0 Å². The van der Waals surface area contributed by atoms with Crippen LogP contribution in [0.2, 0.25) is 5.02 Å². The lowest BCUT2D eigenvalue weighted by Crippen LogP contribution is -2.44. The van der Waals surface area contributed by atoms with Crippen molar-refractivity contribution in [3.63, 3.8) is 0 Å². The Morgan fingerprint density at radius 3 is 2.75 bits per heavy atom. The van der Waals surface area contributed by atoms with Gasteiger partial charge in [-0.1, -0.05) is 28.9 Å². The summed E-state index contributed by atoms with van der Waals surface area (Å²) in [4.78, 5) is 18.5. The third kappa shape index (κ3) is 2.79. The molecule has 1 saturated heterocycles. The first-order chi connectivity index (χ1) is 11.1. The fourth-order valence-corrected chi connectivity index (χ4v) is 3.40. The zero-order chi connectivity index (χ0) is 16.0. The summed E-state index contributed by atoms with van der Waals surface area (Å²) < 4.78 is 5.38. The average Bonchev–Trinajstić information content (AvgIpc) is 3.12. The van der Waals surface area contributed by atoms with Gasteiger partial charge in [-0.3, -0.25) is 4.79 Å². The molecule has 1 saturated carbocycles. The van der Waals surface area contributed by atoms with Crippen molar-refractivity contribution >= 4 is 35.6 Å². The molecule has 8 heteroatoms. The van der Waals surface area contributed by atoms with Crippen LogP contribution in [0.1, 0.15) is 43.3 Å². The van der Waals surface area contributed by atoms with Gasteiger partial charge in [0, 0.05) is 13.0 Å². The lowest BCUT2D eigenvalue weighted by molar-refractivity contribution is -0.117. The molecule has 0 bridgehead atoms. The highest BCUT2D eigenvalue weighted by Gasteiger charge is 2.41. The molecule has 0 spiro atoms. The van der Waals surface area contributed by atoms with Gasteiger partial charge in [0.2, 0.25) is 11.8 Å². The Balaban J connectivity index is 0.00000169. The van der Waals surface area contributed by atoms with E-state index in [-0.39, 0.29) is 24.2 Å². The summed E-state index contributed by atoms with van der Waals surface area (Å²) in [7, 11) is 0. The zero-order valence-corrected chi connectivity index (χ0v) is 14.5. The van der Waals surface area contributed by atoms with E-state index in [2.05, 4.69) is 10.1 Å². The van der Waals surface area contributed by atoms with Gasteiger partial charge in [0.05, 0.1) is 22.2 Å². The Bertz CT molecular complexity index is 760. The first-order valence-electron chi connectivity index (χ1n) is 7.75. The number of hydrogen-bond donors (Lipinski definition) is 1. The summed E-state index contributed by atoms with van der Waals surface area (Å²) in [5.41, 5.74) is 6.49. The number of carbonyl (C=O) groups is 1. The maximum Gasteiger partial charge on any atom is 0.232 e. The van der Waals surface area contributed by atoms with Crippen molar-refractivity contribution in [1.29, 1.82) is 0 Å². The SMILES string of the molecule is Cl.NC1(c2noc(C3CC(=O)N(c4ccccc4Cl)C3)n2)CCC1. The number of carbonyl (C=O) groups excluding carboxylic acids is 1. The summed E-state index contributed by atoms with van der Waals surface area (Å²) in [6.07, 6.45) is 3.18. The molecule has 128 valence electrons. The number of aromatic nitrogens is 2. The zero-order valence-electron chi connectivity index (χ0n) is 12.9. The maximum absolute atomic E-state index is 12.3. The van der Waals surface area contributed by atoms with E-state index in [9.17, 15) is 4.79 Å². The number of benzene rings is 1. The number of anilines is 1. The molecule has 0 radical (unpaired) electrons. The second-order valence-corrected chi connectivity index (χ2v) is 6.73. The minimum atomic E-state index is -0.452. The molecular weight excluding hydrogens is 351 g/mol. The van der Waals surface area contributed by atoms with Crippen molar-refractivity contribution in [2.24, 2.45) is 5.73 Å². The van der Waals surface area contributed by atoms with E-state index >= 15 is 0 Å². The second-order valence-electron chi connectivity index (χ2n) is 6.32. The van der Waals surface area contributed by atoms with Crippen molar-refractivity contribution < 1.29 is 9.32 Å². The van der Waals surface area contributed by atoms with Crippen LogP contribution < -0.4 is 10.6 Å². The Hall–Kier alpha value is -1.63. The largest absolute Gasteiger partial charge is 0.339 e. The smallest absolute Gasteiger partial charge is 0.232 e. The van der Waals surface area contributed by atoms with Crippen molar-refractivity contribution in [1.82, 2.24) is 10.1 Å². The van der Waals surface area contributed by atoms with Crippen LogP contribution in [-0.2, 0) is 10.3 Å². The number of nitrogens with zero attached hydrogens (tertiary/aromatic N) is 3. The van der Waals surface area contributed by atoms with Crippen LogP contribution in [-0.4, -0.2) is 22.6 Å². The molecule has 1 aromatic carbocycles. The van der Waals surface area contributed by atoms with Gasteiger partial charge in [0.1, 0.15) is 0 Å². The van der Waals surface area contributed by atoms with Crippen molar-refractivity contribution in [2.75, 3.05) is 11.4 Å². The Morgan fingerprint density at radius 1 is 1.33 bits per heavy atom. The van der Waals surface area contributed by atoms with E-state index in [1.165, 1.54) is 0 Å². The average molecular weight is 369 g/mol. The van der Waals surface area contributed by atoms with Crippen molar-refractivity contribution in [3.05, 3.63) is 41.0 Å². The van der Waals surface area contributed by atoms with Crippen LogP contribution in [0.25, 0.3) is 0 Å². The summed E-state index contributed by atoms with van der Waals surface area (Å²) in [5, 5.41) is 4.59. The third-order valence-corrected chi connectivity index (χ3v) is 5.07. The minimum absolute atomic E-state index is 0. The molecule has 2 aromatic rings. The van der Waals surface area contributed by atoms with Crippen LogP contribution in [0.15, 0.2) is 28.8 Å². The van der Waals surface area contributed by atoms with Gasteiger partial charge in [-0.2, -0.15) is 4.98 Å². The first-order valence-corrected chi connectivity index (χ1v) is 8.12. The Morgan fingerprint density at radius 2 is 2.08 bits per heavy atom. The molecular formula is C16H18Cl2N4O2. The molecule has 1 unspecified atom stereocenters. The van der Waals surface area contributed by atoms with E-state index in [4.69, 9.17) is 21.9 Å². The normalized spacial score (nSPS) is 22.2. The summed E-state index contributed by atoms with van der Waals surface area (Å²) >= 11 is 6.19. The molecule has 1 aliphatic carbocycles. The molecule has 2 aliphatic rings. The quantitative estimate of drug-likeness (QED) is 0.899. The molecule has 1 aliphatic heterocycles. The van der Waals surface area contributed by atoms with Gasteiger partial charge in [0.15, 0.2) is 5.82 Å². The monoisotopic (exact) mass is 368 g/mol. The number of halogens is 2. The maximum atomic E-state index is 12.3. The van der Waals surface area contributed by atoms with Crippen LogP contribution >= 0.6 is 24.0 Å². The van der Waals surface area contributed by atoms with E-state index in [1.807, 2.05) is 18.2 Å². The third-order valence-electron chi connectivity index (χ3n) is 4.75. The lowest BCUT2D eigenvalue weighted by Gasteiger charge is -2.34. The van der Waals surface area contributed by atoms with Gasteiger partial charge >= 0.3 is 0 Å². The van der Waals surface area contributed by atoms with E-state index in [0.29, 0.717) is 29.7 Å². The number of rotatable bonds is 3. The molecule has 2 heterocycles. The van der Waals surface area contributed by atoms with Gasteiger partial charge in [-0.15, -0.1) is 12.4 Å². The van der Waals surface area contributed by atoms with E-state index < -0.39 is 5.54 Å². The molecule has 1 atom stereocenters. The minimum Gasteiger partial charge on any atom is -0.339 e. The van der Waals surface area contributed by atoms with E-state index in [0.717, 1.165) is 24.9 Å². The first kappa shape index (κ1) is 17.2. The number of para-hydroxylation sites is 1. The second kappa shape index (κ2) is 6.35. The Kier molecular flexibility index (Phi) is 4.55. The highest BCUT2D eigenvalue weighted by molar-refractivity contribution is 6.33. The molecule has 1 amide bonds. The summed E-state index contributed by atoms with van der Waals surface area (Å²) in [6.45, 7) is 0.488. The van der Waals surface area contributed by atoms with Crippen molar-refractivity contribution in [3.8, 4) is 0 Å². The van der Waals surface area contributed by atoms with Gasteiger partial charge < -0.3 is 15.2 Å². The number of amides is 1. The van der Waals surface area contributed by atoms with Gasteiger partial charge in [-0.25, -0.2) is 0 Å². The van der Waals surface area contributed by atoms with Gasteiger partial charge in [-0.05, 0) is 31.4 Å². The molecule has 2 fully saturated rings. The standard InChI is InChI=1S/C16H17ClN4O2.ClH/c17-11-4-1-2-5-12(11)21-9-10(8-13(21)22)14-19-15(20-23-14)16(18)6-3-7-16;/h1-2,4-5,10H,3,6-9,18H2;1H. The molecule has 6 nitrogen and oxygen atoms in total. The van der Waals surface area contributed by atoms with Crippen LogP contribution in [0.3, 0.4) is 0 Å². The fraction of sp³-hybridized carbons (Fsp3) is 0.438. The molecule has 2 N–H and O–H groups in total. The molecule has 24 heavy (non-hydrogen) atoms. The topological polar surface area (TPSA) is 85.2 Å². The molecule has 4 rings (SSSR count). The predicted octanol–water partition coefficient (Wildman–Crippen LogP) is 3.00.